The number of carbonyl (C=O) groups is 1. The Bertz CT molecular complexity index is 321. The molecule has 0 spiro atoms. The van der Waals surface area contributed by atoms with E-state index in [4.69, 9.17) is 4.74 Å². The number of alkyl halides is 1. The molecule has 14 heavy (non-hydrogen) atoms. The molecule has 0 saturated carbocycles. The average Bonchev–Trinajstić information content (AvgIpc) is 2.15. The highest BCUT2D eigenvalue weighted by atomic mass is 79.9. The van der Waals surface area contributed by atoms with Crippen molar-refractivity contribution in [2.45, 2.75) is 18.7 Å². The number of benzene rings is 1. The second kappa shape index (κ2) is 5.15. The molecule has 0 aliphatic heterocycles. The summed E-state index contributed by atoms with van der Waals surface area (Å²) in [5.41, 5.74) is 1.58. The third kappa shape index (κ3) is 3.14. The quantitative estimate of drug-likeness (QED) is 0.614. The largest absolute Gasteiger partial charge is 0.461 e. The van der Waals surface area contributed by atoms with Crippen LogP contribution in [0.5, 0.6) is 0 Å². The number of aryl methyl sites for hydroxylation is 1. The van der Waals surface area contributed by atoms with E-state index in [-0.39, 0.29) is 10.8 Å². The lowest BCUT2D eigenvalue weighted by Gasteiger charge is -2.07. The van der Waals surface area contributed by atoms with Crippen LogP contribution in [0.15, 0.2) is 24.3 Å². The first-order valence-electron chi connectivity index (χ1n) is 4.48. The average molecular weight is 257 g/mol. The van der Waals surface area contributed by atoms with Gasteiger partial charge < -0.3 is 4.74 Å². The summed E-state index contributed by atoms with van der Waals surface area (Å²) in [5, 5.41) is 0. The molecule has 1 unspecified atom stereocenters. The lowest BCUT2D eigenvalue weighted by molar-refractivity contribution is 0.0511. The smallest absolute Gasteiger partial charge is 0.338 e. The van der Waals surface area contributed by atoms with E-state index in [1.54, 1.807) is 6.07 Å². The molecular weight excluding hydrogens is 244 g/mol. The Morgan fingerprint density at radius 3 is 2.71 bits per heavy atom. The first-order chi connectivity index (χ1) is 6.61. The minimum atomic E-state index is -0.255. The lowest BCUT2D eigenvalue weighted by atomic mass is 10.1. The number of ether oxygens (including phenoxy) is 1. The fourth-order valence-corrected chi connectivity index (χ4v) is 1.20. The van der Waals surface area contributed by atoms with Crippen LogP contribution in [0.1, 0.15) is 22.8 Å². The van der Waals surface area contributed by atoms with Gasteiger partial charge in [0.25, 0.3) is 0 Å². The molecule has 1 aromatic carbocycles. The SMILES string of the molecule is Cc1ccccc1C(=O)OCC(C)Br. The van der Waals surface area contributed by atoms with Crippen LogP contribution in [0.2, 0.25) is 0 Å². The number of esters is 1. The Morgan fingerprint density at radius 1 is 1.50 bits per heavy atom. The first-order valence-corrected chi connectivity index (χ1v) is 5.39. The van der Waals surface area contributed by atoms with Crippen LogP contribution in [-0.2, 0) is 4.74 Å². The summed E-state index contributed by atoms with van der Waals surface area (Å²) < 4.78 is 5.08. The van der Waals surface area contributed by atoms with Crippen molar-refractivity contribution in [2.24, 2.45) is 0 Å². The molecule has 0 radical (unpaired) electrons. The molecule has 0 N–H and O–H groups in total. The van der Waals surface area contributed by atoms with Gasteiger partial charge in [-0.1, -0.05) is 34.1 Å². The molecule has 0 aliphatic rings. The van der Waals surface area contributed by atoms with Crippen LogP contribution in [0, 0.1) is 6.92 Å². The van der Waals surface area contributed by atoms with Crippen LogP contribution in [-0.4, -0.2) is 17.4 Å². The lowest BCUT2D eigenvalue weighted by Crippen LogP contribution is -2.12. The van der Waals surface area contributed by atoms with E-state index < -0.39 is 0 Å². The molecule has 76 valence electrons. The molecule has 0 heterocycles. The zero-order chi connectivity index (χ0) is 10.6. The maximum Gasteiger partial charge on any atom is 0.338 e. The van der Waals surface area contributed by atoms with Gasteiger partial charge >= 0.3 is 5.97 Å². The van der Waals surface area contributed by atoms with Gasteiger partial charge in [0, 0.05) is 4.83 Å². The highest BCUT2D eigenvalue weighted by Crippen LogP contribution is 2.09. The molecule has 1 rings (SSSR count). The van der Waals surface area contributed by atoms with Gasteiger partial charge in [-0.15, -0.1) is 0 Å². The molecule has 0 aromatic heterocycles. The van der Waals surface area contributed by atoms with E-state index in [0.717, 1.165) is 5.56 Å². The van der Waals surface area contributed by atoms with E-state index in [1.165, 1.54) is 0 Å². The standard InChI is InChI=1S/C11H13BrO2/c1-8-5-3-4-6-10(8)11(13)14-7-9(2)12/h3-6,9H,7H2,1-2H3. The van der Waals surface area contributed by atoms with Crippen LogP contribution >= 0.6 is 15.9 Å². The van der Waals surface area contributed by atoms with Gasteiger partial charge in [0.15, 0.2) is 0 Å². The van der Waals surface area contributed by atoms with E-state index in [1.807, 2.05) is 32.0 Å². The van der Waals surface area contributed by atoms with Crippen LogP contribution in [0.3, 0.4) is 0 Å². The van der Waals surface area contributed by atoms with Gasteiger partial charge in [-0.25, -0.2) is 4.79 Å². The van der Waals surface area contributed by atoms with Gasteiger partial charge in [-0.05, 0) is 25.5 Å². The fourth-order valence-electron chi connectivity index (χ4n) is 1.07. The van der Waals surface area contributed by atoms with Gasteiger partial charge in [0.1, 0.15) is 6.61 Å². The Morgan fingerprint density at radius 2 is 2.14 bits per heavy atom. The molecule has 3 heteroatoms. The Labute approximate surface area is 92.4 Å². The van der Waals surface area contributed by atoms with E-state index in [0.29, 0.717) is 12.2 Å². The topological polar surface area (TPSA) is 26.3 Å². The predicted molar refractivity (Wildman–Crippen MR) is 59.9 cm³/mol. The molecule has 2 nitrogen and oxygen atoms in total. The third-order valence-electron chi connectivity index (χ3n) is 1.81. The van der Waals surface area contributed by atoms with E-state index in [2.05, 4.69) is 15.9 Å². The van der Waals surface area contributed by atoms with Crippen molar-refractivity contribution in [1.29, 1.82) is 0 Å². The monoisotopic (exact) mass is 256 g/mol. The molecule has 0 amide bonds. The summed E-state index contributed by atoms with van der Waals surface area (Å²) in [5.74, 6) is -0.255. The number of halogens is 1. The molecule has 1 atom stereocenters. The minimum Gasteiger partial charge on any atom is -0.461 e. The summed E-state index contributed by atoms with van der Waals surface area (Å²) in [6.45, 7) is 4.23. The molecule has 0 fully saturated rings. The molecule has 1 aromatic rings. The van der Waals surface area contributed by atoms with Crippen molar-refractivity contribution >= 4 is 21.9 Å². The van der Waals surface area contributed by atoms with Gasteiger partial charge in [-0.3, -0.25) is 0 Å². The fraction of sp³-hybridized carbons (Fsp3) is 0.364. The maximum atomic E-state index is 11.5. The van der Waals surface area contributed by atoms with Crippen LogP contribution < -0.4 is 0 Å². The Kier molecular flexibility index (Phi) is 4.14. The second-order valence-electron chi connectivity index (χ2n) is 3.19. The van der Waals surface area contributed by atoms with E-state index >= 15 is 0 Å². The van der Waals surface area contributed by atoms with Crippen molar-refractivity contribution in [3.05, 3.63) is 35.4 Å². The van der Waals surface area contributed by atoms with Gasteiger partial charge in [0.2, 0.25) is 0 Å². The molecule has 0 saturated heterocycles. The summed E-state index contributed by atoms with van der Waals surface area (Å²) in [4.78, 5) is 11.7. The number of rotatable bonds is 3. The third-order valence-corrected chi connectivity index (χ3v) is 2.07. The minimum absolute atomic E-state index is 0.190. The molecule has 0 bridgehead atoms. The molecule has 0 aliphatic carbocycles. The summed E-state index contributed by atoms with van der Waals surface area (Å²) >= 11 is 3.32. The van der Waals surface area contributed by atoms with Crippen molar-refractivity contribution < 1.29 is 9.53 Å². The summed E-state index contributed by atoms with van der Waals surface area (Å²) in [6.07, 6.45) is 0. The van der Waals surface area contributed by atoms with Crippen molar-refractivity contribution in [1.82, 2.24) is 0 Å². The van der Waals surface area contributed by atoms with Gasteiger partial charge in [-0.2, -0.15) is 0 Å². The highest BCUT2D eigenvalue weighted by molar-refractivity contribution is 9.09. The van der Waals surface area contributed by atoms with Crippen LogP contribution in [0.4, 0.5) is 0 Å². The Hall–Kier alpha value is -0.830. The number of hydrogen-bond donors (Lipinski definition) is 0. The maximum absolute atomic E-state index is 11.5. The normalized spacial score (nSPS) is 12.2. The van der Waals surface area contributed by atoms with Crippen molar-refractivity contribution in [2.75, 3.05) is 6.61 Å². The van der Waals surface area contributed by atoms with Crippen molar-refractivity contribution in [3.63, 3.8) is 0 Å². The predicted octanol–water partition coefficient (Wildman–Crippen LogP) is 2.94. The Balaban J connectivity index is 2.65. The molecular formula is C11H13BrO2. The summed E-state index contributed by atoms with van der Waals surface area (Å²) in [6, 6.07) is 7.41. The second-order valence-corrected chi connectivity index (χ2v) is 4.76. The number of hydrogen-bond acceptors (Lipinski definition) is 2. The zero-order valence-electron chi connectivity index (χ0n) is 8.29. The van der Waals surface area contributed by atoms with Crippen LogP contribution in [0.25, 0.3) is 0 Å². The summed E-state index contributed by atoms with van der Waals surface area (Å²) in [7, 11) is 0. The van der Waals surface area contributed by atoms with Gasteiger partial charge in [0.05, 0.1) is 5.56 Å². The first kappa shape index (κ1) is 11.2. The highest BCUT2D eigenvalue weighted by Gasteiger charge is 2.10. The number of carbonyl (C=O) groups excluding carboxylic acids is 1. The van der Waals surface area contributed by atoms with Crippen molar-refractivity contribution in [3.8, 4) is 0 Å². The van der Waals surface area contributed by atoms with E-state index in [9.17, 15) is 4.79 Å². The zero-order valence-corrected chi connectivity index (χ0v) is 9.87.